The van der Waals surface area contributed by atoms with Crippen LogP contribution >= 0.6 is 15.9 Å². The predicted octanol–water partition coefficient (Wildman–Crippen LogP) is 6.27. The molecule has 0 fully saturated rings. The third-order valence-corrected chi connectivity index (χ3v) is 5.61. The van der Waals surface area contributed by atoms with Crippen LogP contribution in [0.1, 0.15) is 50.3 Å². The van der Waals surface area contributed by atoms with E-state index in [9.17, 15) is 0 Å². The molecule has 0 aliphatic heterocycles. The first kappa shape index (κ1) is 14.9. The summed E-state index contributed by atoms with van der Waals surface area (Å²) in [4.78, 5) is 4.69. The molecule has 1 heterocycles. The molecule has 1 unspecified atom stereocenters. The minimum Gasteiger partial charge on any atom is -0.241 e. The van der Waals surface area contributed by atoms with E-state index >= 15 is 0 Å². The minimum atomic E-state index is 0.422. The van der Waals surface area contributed by atoms with Gasteiger partial charge in [-0.05, 0) is 82.1 Å². The maximum atomic E-state index is 4.69. The SMILES string of the molecule is CC1=C(CCC2=CC=CC2)C2=Cc3nc(Br)ccc3C(C)C2=C1. The van der Waals surface area contributed by atoms with Gasteiger partial charge in [-0.2, -0.15) is 0 Å². The standard InChI is InChI=1S/C21H20BrN/c1-13-11-18-14(2)17-9-10-21(22)23-20(17)12-19(18)16(13)8-7-15-5-3-4-6-15/h3-5,9-12,14H,6-8H2,1-2H3. The third kappa shape index (κ3) is 2.59. The Hall–Kier alpha value is -1.67. The Balaban J connectivity index is 1.67. The highest BCUT2D eigenvalue weighted by atomic mass is 79.9. The molecule has 23 heavy (non-hydrogen) atoms. The van der Waals surface area contributed by atoms with Crippen LogP contribution in [0.5, 0.6) is 0 Å². The third-order valence-electron chi connectivity index (χ3n) is 5.17. The Morgan fingerprint density at radius 1 is 1.22 bits per heavy atom. The van der Waals surface area contributed by atoms with Crippen LogP contribution in [0.4, 0.5) is 0 Å². The van der Waals surface area contributed by atoms with Crippen molar-refractivity contribution in [1.29, 1.82) is 0 Å². The highest BCUT2D eigenvalue weighted by Gasteiger charge is 2.29. The number of hydrogen-bond acceptors (Lipinski definition) is 1. The Bertz CT molecular complexity index is 833. The molecule has 2 heteroatoms. The van der Waals surface area contributed by atoms with Crippen LogP contribution in [0.2, 0.25) is 0 Å². The number of fused-ring (bicyclic) bond motifs is 2. The van der Waals surface area contributed by atoms with Gasteiger partial charge in [-0.3, -0.25) is 0 Å². The summed E-state index contributed by atoms with van der Waals surface area (Å²) in [5.74, 6) is 0.422. The molecule has 4 rings (SSSR count). The average molecular weight is 366 g/mol. The predicted molar refractivity (Wildman–Crippen MR) is 100 cm³/mol. The number of hydrogen-bond donors (Lipinski definition) is 0. The van der Waals surface area contributed by atoms with Gasteiger partial charge in [0.25, 0.3) is 0 Å². The smallest absolute Gasteiger partial charge is 0.106 e. The monoisotopic (exact) mass is 365 g/mol. The number of allylic oxidation sites excluding steroid dienone is 9. The lowest BCUT2D eigenvalue weighted by Gasteiger charge is -2.24. The van der Waals surface area contributed by atoms with E-state index in [1.807, 2.05) is 6.07 Å². The zero-order valence-corrected chi connectivity index (χ0v) is 15.2. The highest BCUT2D eigenvalue weighted by Crippen LogP contribution is 2.46. The molecule has 3 aliphatic rings. The van der Waals surface area contributed by atoms with E-state index in [-0.39, 0.29) is 0 Å². The minimum absolute atomic E-state index is 0.422. The number of pyridine rings is 1. The van der Waals surface area contributed by atoms with Crippen LogP contribution < -0.4 is 0 Å². The van der Waals surface area contributed by atoms with Gasteiger partial charge in [0, 0.05) is 5.92 Å². The van der Waals surface area contributed by atoms with Crippen molar-refractivity contribution in [2.24, 2.45) is 0 Å². The molecule has 1 aromatic heterocycles. The first-order valence-corrected chi connectivity index (χ1v) is 9.07. The van der Waals surface area contributed by atoms with E-state index in [1.54, 1.807) is 5.57 Å². The summed E-state index contributed by atoms with van der Waals surface area (Å²) in [6.45, 7) is 4.55. The van der Waals surface area contributed by atoms with Crippen molar-refractivity contribution < 1.29 is 0 Å². The van der Waals surface area contributed by atoms with E-state index in [0.29, 0.717) is 5.92 Å². The van der Waals surface area contributed by atoms with E-state index in [2.05, 4.69) is 66.2 Å². The van der Waals surface area contributed by atoms with Crippen molar-refractivity contribution in [3.8, 4) is 0 Å². The van der Waals surface area contributed by atoms with Gasteiger partial charge >= 0.3 is 0 Å². The van der Waals surface area contributed by atoms with Gasteiger partial charge in [-0.1, -0.05) is 42.9 Å². The Morgan fingerprint density at radius 2 is 2.09 bits per heavy atom. The van der Waals surface area contributed by atoms with Crippen LogP contribution in [0, 0.1) is 0 Å². The summed E-state index contributed by atoms with van der Waals surface area (Å²) in [5, 5.41) is 0. The lowest BCUT2D eigenvalue weighted by molar-refractivity contribution is 0.864. The summed E-state index contributed by atoms with van der Waals surface area (Å²) in [6.07, 6.45) is 14.8. The lowest BCUT2D eigenvalue weighted by atomic mass is 9.81. The summed E-state index contributed by atoms with van der Waals surface area (Å²) < 4.78 is 0.912. The quantitative estimate of drug-likeness (QED) is 0.575. The molecule has 1 aromatic rings. The fourth-order valence-electron chi connectivity index (χ4n) is 3.85. The molecule has 0 saturated heterocycles. The highest BCUT2D eigenvalue weighted by molar-refractivity contribution is 9.10. The molecular formula is C21H20BrN. The van der Waals surface area contributed by atoms with Crippen LogP contribution in [0.25, 0.3) is 6.08 Å². The maximum Gasteiger partial charge on any atom is 0.106 e. The Morgan fingerprint density at radius 3 is 2.87 bits per heavy atom. The zero-order chi connectivity index (χ0) is 16.0. The lowest BCUT2D eigenvalue weighted by Crippen LogP contribution is -2.09. The second-order valence-electron chi connectivity index (χ2n) is 6.61. The van der Waals surface area contributed by atoms with Crippen LogP contribution in [0.15, 0.2) is 68.9 Å². The van der Waals surface area contributed by atoms with Gasteiger partial charge < -0.3 is 0 Å². The fraction of sp³-hybridized carbons (Fsp3) is 0.286. The van der Waals surface area contributed by atoms with Crippen LogP contribution in [-0.4, -0.2) is 4.98 Å². The van der Waals surface area contributed by atoms with Gasteiger partial charge in [0.1, 0.15) is 4.60 Å². The van der Waals surface area contributed by atoms with Crippen molar-refractivity contribution in [1.82, 2.24) is 4.98 Å². The number of rotatable bonds is 3. The van der Waals surface area contributed by atoms with Crippen LogP contribution in [-0.2, 0) is 0 Å². The topological polar surface area (TPSA) is 12.9 Å². The van der Waals surface area contributed by atoms with Gasteiger partial charge in [0.2, 0.25) is 0 Å². The molecule has 1 nitrogen and oxygen atoms in total. The first-order valence-electron chi connectivity index (χ1n) is 8.28. The largest absolute Gasteiger partial charge is 0.241 e. The van der Waals surface area contributed by atoms with Crippen molar-refractivity contribution in [3.05, 3.63) is 80.2 Å². The Labute approximate surface area is 146 Å². The number of aromatic nitrogens is 1. The van der Waals surface area contributed by atoms with E-state index in [0.717, 1.165) is 29.6 Å². The normalized spacial score (nSPS) is 21.9. The summed E-state index contributed by atoms with van der Waals surface area (Å²) in [7, 11) is 0. The first-order chi connectivity index (χ1) is 11.1. The number of halogens is 1. The van der Waals surface area contributed by atoms with E-state index in [1.165, 1.54) is 27.9 Å². The molecular weight excluding hydrogens is 346 g/mol. The molecule has 0 saturated carbocycles. The molecule has 0 bridgehead atoms. The number of nitrogens with zero attached hydrogens (tertiary/aromatic N) is 1. The van der Waals surface area contributed by atoms with E-state index in [4.69, 9.17) is 4.98 Å². The zero-order valence-electron chi connectivity index (χ0n) is 13.6. The maximum absolute atomic E-state index is 4.69. The molecule has 0 N–H and O–H groups in total. The van der Waals surface area contributed by atoms with Crippen molar-refractivity contribution in [3.63, 3.8) is 0 Å². The molecule has 3 aliphatic carbocycles. The molecule has 1 atom stereocenters. The van der Waals surface area contributed by atoms with Crippen LogP contribution in [0.3, 0.4) is 0 Å². The van der Waals surface area contributed by atoms with Crippen molar-refractivity contribution in [2.45, 2.75) is 39.0 Å². The van der Waals surface area contributed by atoms with Crippen molar-refractivity contribution >= 4 is 22.0 Å². The van der Waals surface area contributed by atoms with Gasteiger partial charge in [-0.25, -0.2) is 4.98 Å². The Kier molecular flexibility index (Phi) is 3.73. The van der Waals surface area contributed by atoms with Gasteiger partial charge in [0.05, 0.1) is 5.69 Å². The summed E-state index contributed by atoms with van der Waals surface area (Å²) in [6, 6.07) is 4.25. The molecule has 116 valence electrons. The van der Waals surface area contributed by atoms with Gasteiger partial charge in [0.15, 0.2) is 0 Å². The molecule has 0 spiro atoms. The van der Waals surface area contributed by atoms with Crippen molar-refractivity contribution in [2.75, 3.05) is 0 Å². The average Bonchev–Trinajstić information content (AvgIpc) is 3.13. The summed E-state index contributed by atoms with van der Waals surface area (Å²) in [5.41, 5.74) is 9.81. The molecule has 0 amide bonds. The second-order valence-corrected chi connectivity index (χ2v) is 7.42. The second kappa shape index (κ2) is 5.76. The van der Waals surface area contributed by atoms with Gasteiger partial charge in [-0.15, -0.1) is 0 Å². The molecule has 0 radical (unpaired) electrons. The summed E-state index contributed by atoms with van der Waals surface area (Å²) >= 11 is 3.50. The van der Waals surface area contributed by atoms with E-state index < -0.39 is 0 Å². The fourth-order valence-corrected chi connectivity index (χ4v) is 4.18. The molecule has 0 aromatic carbocycles.